The molecular formula is C22H24FN5O3S. The van der Waals surface area contributed by atoms with Crippen LogP contribution in [0.1, 0.15) is 19.7 Å². The van der Waals surface area contributed by atoms with Gasteiger partial charge in [-0.1, -0.05) is 17.8 Å². The van der Waals surface area contributed by atoms with E-state index in [-0.39, 0.29) is 24.0 Å². The first-order chi connectivity index (χ1) is 15.5. The van der Waals surface area contributed by atoms with E-state index < -0.39 is 5.82 Å². The Labute approximate surface area is 189 Å². The minimum atomic E-state index is -0.422. The molecule has 168 valence electrons. The van der Waals surface area contributed by atoms with E-state index in [0.29, 0.717) is 35.5 Å². The van der Waals surface area contributed by atoms with E-state index in [2.05, 4.69) is 20.8 Å². The number of anilines is 2. The Morgan fingerprint density at radius 1 is 1.03 bits per heavy atom. The summed E-state index contributed by atoms with van der Waals surface area (Å²) in [6.07, 6.45) is 0.0457. The number of ether oxygens (including phenoxy) is 1. The molecule has 0 saturated carbocycles. The molecule has 10 heteroatoms. The lowest BCUT2D eigenvalue weighted by atomic mass is 10.3. The van der Waals surface area contributed by atoms with Crippen LogP contribution in [0, 0.1) is 5.82 Å². The van der Waals surface area contributed by atoms with Crippen LogP contribution < -0.4 is 15.4 Å². The molecule has 0 spiro atoms. The minimum Gasteiger partial charge on any atom is -0.494 e. The van der Waals surface area contributed by atoms with Crippen molar-refractivity contribution in [2.24, 2.45) is 0 Å². The highest BCUT2D eigenvalue weighted by atomic mass is 32.2. The third kappa shape index (κ3) is 6.55. The van der Waals surface area contributed by atoms with Gasteiger partial charge in [0.05, 0.1) is 18.8 Å². The van der Waals surface area contributed by atoms with Gasteiger partial charge in [-0.25, -0.2) is 4.39 Å². The molecule has 0 saturated heterocycles. The zero-order valence-electron chi connectivity index (χ0n) is 17.8. The summed E-state index contributed by atoms with van der Waals surface area (Å²) in [7, 11) is 0. The molecule has 0 unspecified atom stereocenters. The Morgan fingerprint density at radius 2 is 1.78 bits per heavy atom. The van der Waals surface area contributed by atoms with E-state index in [4.69, 9.17) is 4.74 Å². The second-order valence-corrected chi connectivity index (χ2v) is 7.62. The number of benzene rings is 2. The molecule has 2 N–H and O–H groups in total. The number of rotatable bonds is 10. The van der Waals surface area contributed by atoms with Gasteiger partial charge in [-0.2, -0.15) is 0 Å². The first kappa shape index (κ1) is 23.3. The van der Waals surface area contributed by atoms with Crippen molar-refractivity contribution in [2.45, 2.75) is 32.0 Å². The second kappa shape index (κ2) is 11.3. The third-order valence-corrected chi connectivity index (χ3v) is 5.28. The predicted molar refractivity (Wildman–Crippen MR) is 121 cm³/mol. The summed E-state index contributed by atoms with van der Waals surface area (Å²) in [5, 5.41) is 14.2. The zero-order chi connectivity index (χ0) is 22.9. The van der Waals surface area contributed by atoms with Gasteiger partial charge >= 0.3 is 0 Å². The Kier molecular flexibility index (Phi) is 8.20. The molecule has 0 bridgehead atoms. The zero-order valence-corrected chi connectivity index (χ0v) is 18.6. The van der Waals surface area contributed by atoms with Crippen molar-refractivity contribution in [2.75, 3.05) is 23.0 Å². The number of halogens is 1. The molecule has 8 nitrogen and oxygen atoms in total. The van der Waals surface area contributed by atoms with Crippen LogP contribution in [-0.2, 0) is 22.6 Å². The number of aromatic nitrogens is 3. The van der Waals surface area contributed by atoms with Crippen LogP contribution in [0.3, 0.4) is 0 Å². The first-order valence-electron chi connectivity index (χ1n) is 10.1. The van der Waals surface area contributed by atoms with Crippen molar-refractivity contribution in [3.63, 3.8) is 0 Å². The molecule has 1 heterocycles. The van der Waals surface area contributed by atoms with Gasteiger partial charge in [-0.05, 0) is 56.3 Å². The third-order valence-electron chi connectivity index (χ3n) is 4.32. The fraction of sp³-hybridized carbons (Fsp3) is 0.273. The number of carbonyl (C=O) groups is 2. The summed E-state index contributed by atoms with van der Waals surface area (Å²) in [6, 6.07) is 12.8. The fourth-order valence-corrected chi connectivity index (χ4v) is 3.74. The highest BCUT2D eigenvalue weighted by Gasteiger charge is 2.16. The number of amides is 2. The van der Waals surface area contributed by atoms with Crippen LogP contribution in [0.5, 0.6) is 5.75 Å². The molecule has 3 rings (SSSR count). The molecular weight excluding hydrogens is 433 g/mol. The van der Waals surface area contributed by atoms with Crippen molar-refractivity contribution in [3.05, 3.63) is 60.2 Å². The Morgan fingerprint density at radius 3 is 2.47 bits per heavy atom. The Bertz CT molecular complexity index is 1070. The highest BCUT2D eigenvalue weighted by molar-refractivity contribution is 7.99. The molecule has 0 aliphatic carbocycles. The Balaban J connectivity index is 1.55. The molecule has 0 aliphatic rings. The van der Waals surface area contributed by atoms with Gasteiger partial charge in [0.2, 0.25) is 11.8 Å². The van der Waals surface area contributed by atoms with E-state index >= 15 is 0 Å². The molecule has 1 aromatic heterocycles. The predicted octanol–water partition coefficient (Wildman–Crippen LogP) is 3.75. The van der Waals surface area contributed by atoms with E-state index in [9.17, 15) is 14.0 Å². The highest BCUT2D eigenvalue weighted by Crippen LogP contribution is 2.19. The quantitative estimate of drug-likeness (QED) is 0.450. The number of nitrogens with one attached hydrogen (secondary N) is 2. The molecule has 2 amide bonds. The van der Waals surface area contributed by atoms with Crippen molar-refractivity contribution in [1.82, 2.24) is 14.8 Å². The molecule has 0 aliphatic heterocycles. The van der Waals surface area contributed by atoms with Crippen LogP contribution in [0.4, 0.5) is 15.8 Å². The molecule has 0 atom stereocenters. The van der Waals surface area contributed by atoms with Gasteiger partial charge in [0, 0.05) is 17.9 Å². The van der Waals surface area contributed by atoms with Crippen LogP contribution in [0.2, 0.25) is 0 Å². The summed E-state index contributed by atoms with van der Waals surface area (Å²) < 4.78 is 20.4. The van der Waals surface area contributed by atoms with Gasteiger partial charge in [0.25, 0.3) is 0 Å². The minimum absolute atomic E-state index is 0.0457. The summed E-state index contributed by atoms with van der Waals surface area (Å²) in [4.78, 5) is 24.6. The maximum absolute atomic E-state index is 13.2. The van der Waals surface area contributed by atoms with Crippen LogP contribution in [0.15, 0.2) is 53.7 Å². The van der Waals surface area contributed by atoms with Gasteiger partial charge < -0.3 is 19.9 Å². The molecule has 0 radical (unpaired) electrons. The van der Waals surface area contributed by atoms with Crippen LogP contribution in [-0.4, -0.2) is 38.9 Å². The largest absolute Gasteiger partial charge is 0.494 e. The van der Waals surface area contributed by atoms with Gasteiger partial charge in [-0.3, -0.25) is 9.59 Å². The Hall–Kier alpha value is -3.40. The lowest BCUT2D eigenvalue weighted by Gasteiger charge is -2.09. The van der Waals surface area contributed by atoms with E-state index in [1.54, 1.807) is 34.9 Å². The van der Waals surface area contributed by atoms with Crippen molar-refractivity contribution in [3.8, 4) is 5.75 Å². The van der Waals surface area contributed by atoms with Crippen LogP contribution in [0.25, 0.3) is 0 Å². The SMILES string of the molecule is CCOc1ccc(NC(=O)Cc2nnc(SCC(=O)Nc3cccc(F)c3)n2CC)cc1. The molecule has 32 heavy (non-hydrogen) atoms. The molecule has 0 fully saturated rings. The van der Waals surface area contributed by atoms with Gasteiger partial charge in [-0.15, -0.1) is 10.2 Å². The van der Waals surface area contributed by atoms with Crippen molar-refractivity contribution in [1.29, 1.82) is 0 Å². The number of carbonyl (C=O) groups excluding carboxylic acids is 2. The smallest absolute Gasteiger partial charge is 0.234 e. The van der Waals surface area contributed by atoms with E-state index in [1.165, 1.54) is 30.0 Å². The lowest BCUT2D eigenvalue weighted by molar-refractivity contribution is -0.116. The monoisotopic (exact) mass is 457 g/mol. The normalized spacial score (nSPS) is 10.6. The van der Waals surface area contributed by atoms with E-state index in [1.807, 2.05) is 13.8 Å². The first-order valence-corrected chi connectivity index (χ1v) is 11.1. The molecule has 2 aromatic carbocycles. The lowest BCUT2D eigenvalue weighted by Crippen LogP contribution is -2.18. The standard InChI is InChI=1S/C22H24FN5O3S/c1-3-28-19(13-20(29)24-16-8-10-18(11-9-16)31-4-2)26-27-22(28)32-14-21(30)25-17-7-5-6-15(23)12-17/h5-12H,3-4,13-14H2,1-2H3,(H,24,29)(H,25,30). The van der Waals surface area contributed by atoms with Crippen molar-refractivity contribution >= 4 is 35.0 Å². The van der Waals surface area contributed by atoms with Crippen LogP contribution >= 0.6 is 11.8 Å². The summed E-state index contributed by atoms with van der Waals surface area (Å²) >= 11 is 1.20. The summed E-state index contributed by atoms with van der Waals surface area (Å²) in [6.45, 7) is 4.94. The van der Waals surface area contributed by atoms with Gasteiger partial charge in [0.1, 0.15) is 17.4 Å². The summed E-state index contributed by atoms with van der Waals surface area (Å²) in [5.41, 5.74) is 1.05. The second-order valence-electron chi connectivity index (χ2n) is 6.67. The van der Waals surface area contributed by atoms with E-state index in [0.717, 1.165) is 5.75 Å². The molecule has 3 aromatic rings. The average molecular weight is 458 g/mol. The number of hydrogen-bond donors (Lipinski definition) is 2. The average Bonchev–Trinajstić information content (AvgIpc) is 3.15. The topological polar surface area (TPSA) is 98.1 Å². The van der Waals surface area contributed by atoms with Gasteiger partial charge in [0.15, 0.2) is 5.16 Å². The number of nitrogens with zero attached hydrogens (tertiary/aromatic N) is 3. The summed E-state index contributed by atoms with van der Waals surface area (Å²) in [5.74, 6) is 0.378. The van der Waals surface area contributed by atoms with Crippen molar-refractivity contribution < 1.29 is 18.7 Å². The fourth-order valence-electron chi connectivity index (χ4n) is 2.92. The maximum Gasteiger partial charge on any atom is 0.234 e. The number of hydrogen-bond acceptors (Lipinski definition) is 6. The maximum atomic E-state index is 13.2. The number of thioether (sulfide) groups is 1.